The van der Waals surface area contributed by atoms with Crippen LogP contribution in [0.25, 0.3) is 0 Å². The van der Waals surface area contributed by atoms with E-state index in [-0.39, 0.29) is 24.1 Å². The Morgan fingerprint density at radius 2 is 2.08 bits per heavy atom. The lowest BCUT2D eigenvalue weighted by molar-refractivity contribution is -0.166. The minimum Gasteiger partial charge on any atom is -0.481 e. The van der Waals surface area contributed by atoms with Gasteiger partial charge in [-0.05, 0) is 45.4 Å². The lowest BCUT2D eigenvalue weighted by Crippen LogP contribution is -2.42. The highest BCUT2D eigenvalue weighted by molar-refractivity contribution is 5.75. The van der Waals surface area contributed by atoms with Gasteiger partial charge in [-0.2, -0.15) is 0 Å². The highest BCUT2D eigenvalue weighted by Crippen LogP contribution is 2.42. The van der Waals surface area contributed by atoms with Gasteiger partial charge in [-0.25, -0.2) is 0 Å². The predicted octanol–water partition coefficient (Wildman–Crippen LogP) is 1.70. The van der Waals surface area contributed by atoms with Gasteiger partial charge in [0.1, 0.15) is 11.4 Å². The van der Waals surface area contributed by atoms with Crippen molar-refractivity contribution in [3.63, 3.8) is 0 Å². The van der Waals surface area contributed by atoms with Crippen molar-refractivity contribution in [2.24, 2.45) is 11.8 Å². The van der Waals surface area contributed by atoms with Crippen LogP contribution >= 0.6 is 0 Å². The second kappa shape index (κ2) is 7.83. The first-order valence-corrected chi connectivity index (χ1v) is 8.91. The van der Waals surface area contributed by atoms with Crippen molar-refractivity contribution >= 4 is 17.7 Å². The summed E-state index contributed by atoms with van der Waals surface area (Å²) < 4.78 is 11.3. The number of ketones is 1. The fourth-order valence-electron chi connectivity index (χ4n) is 3.76. The summed E-state index contributed by atoms with van der Waals surface area (Å²) in [5, 5.41) is 20.1. The summed E-state index contributed by atoms with van der Waals surface area (Å²) in [6.45, 7) is 5.11. The standard InChI is InChI=1S/C18H28O7/c1-10(5-4-6-11(2)19)15(21)16-12(17(22)23)9-13(24-16)18(3)8-7-14(20)25-18/h10,12-13,15-16,21H,4-9H2,1-3H3,(H,22,23)/t10-,12+,13-,15+,16+,18+/m0/s1. The molecule has 0 spiro atoms. The van der Waals surface area contributed by atoms with E-state index in [1.807, 2.05) is 6.92 Å². The van der Waals surface area contributed by atoms with Crippen LogP contribution in [0.2, 0.25) is 0 Å². The molecule has 2 aliphatic heterocycles. The van der Waals surface area contributed by atoms with E-state index in [1.54, 1.807) is 6.92 Å². The molecule has 2 heterocycles. The highest BCUT2D eigenvalue weighted by atomic mass is 16.6. The van der Waals surface area contributed by atoms with E-state index in [2.05, 4.69) is 0 Å². The number of rotatable bonds is 8. The van der Waals surface area contributed by atoms with Crippen LogP contribution in [0.4, 0.5) is 0 Å². The topological polar surface area (TPSA) is 110 Å². The summed E-state index contributed by atoms with van der Waals surface area (Å²) in [7, 11) is 0. The Morgan fingerprint density at radius 1 is 1.40 bits per heavy atom. The number of Topliss-reactive ketones (excluding diaryl/α,β-unsaturated/α-hetero) is 1. The predicted molar refractivity (Wildman–Crippen MR) is 87.8 cm³/mol. The van der Waals surface area contributed by atoms with Gasteiger partial charge < -0.3 is 24.5 Å². The Bertz CT molecular complexity index is 532. The molecular weight excluding hydrogens is 328 g/mol. The molecule has 7 heteroatoms. The Morgan fingerprint density at radius 3 is 2.60 bits per heavy atom. The molecule has 0 aromatic heterocycles. The molecular formula is C18H28O7. The van der Waals surface area contributed by atoms with Gasteiger partial charge in [0.25, 0.3) is 0 Å². The minimum absolute atomic E-state index is 0.0956. The van der Waals surface area contributed by atoms with Gasteiger partial charge in [0.2, 0.25) is 0 Å². The van der Waals surface area contributed by atoms with Gasteiger partial charge in [0, 0.05) is 12.8 Å². The first-order chi connectivity index (χ1) is 11.6. The zero-order valence-electron chi connectivity index (χ0n) is 15.1. The van der Waals surface area contributed by atoms with Gasteiger partial charge >= 0.3 is 11.9 Å². The summed E-state index contributed by atoms with van der Waals surface area (Å²) >= 11 is 0. The molecule has 25 heavy (non-hydrogen) atoms. The van der Waals surface area contributed by atoms with Crippen LogP contribution < -0.4 is 0 Å². The van der Waals surface area contributed by atoms with Crippen LogP contribution in [-0.2, 0) is 23.9 Å². The monoisotopic (exact) mass is 356 g/mol. The number of cyclic esters (lactones) is 1. The van der Waals surface area contributed by atoms with E-state index < -0.39 is 35.8 Å². The molecule has 0 amide bonds. The van der Waals surface area contributed by atoms with Crippen LogP contribution in [0.5, 0.6) is 0 Å². The van der Waals surface area contributed by atoms with Crippen molar-refractivity contribution in [2.45, 2.75) is 83.2 Å². The van der Waals surface area contributed by atoms with Gasteiger partial charge in [-0.3, -0.25) is 9.59 Å². The molecule has 2 rings (SSSR count). The van der Waals surface area contributed by atoms with Crippen molar-refractivity contribution in [3.8, 4) is 0 Å². The molecule has 6 atom stereocenters. The Labute approximate surface area is 147 Å². The number of esters is 1. The third kappa shape index (κ3) is 4.58. The Kier molecular flexibility index (Phi) is 6.21. The fraction of sp³-hybridized carbons (Fsp3) is 0.833. The summed E-state index contributed by atoms with van der Waals surface area (Å²) in [4.78, 5) is 34.1. The number of hydrogen-bond acceptors (Lipinski definition) is 6. The summed E-state index contributed by atoms with van der Waals surface area (Å²) in [5.74, 6) is -2.26. The van der Waals surface area contributed by atoms with Crippen molar-refractivity contribution in [2.75, 3.05) is 0 Å². The molecule has 0 aromatic rings. The van der Waals surface area contributed by atoms with E-state index in [4.69, 9.17) is 9.47 Å². The smallest absolute Gasteiger partial charge is 0.309 e. The average molecular weight is 356 g/mol. The van der Waals surface area contributed by atoms with E-state index in [9.17, 15) is 24.6 Å². The first kappa shape index (κ1) is 19.8. The van der Waals surface area contributed by atoms with E-state index in [0.29, 0.717) is 32.1 Å². The van der Waals surface area contributed by atoms with Gasteiger partial charge in [-0.1, -0.05) is 6.92 Å². The third-order valence-corrected chi connectivity index (χ3v) is 5.46. The van der Waals surface area contributed by atoms with Crippen LogP contribution in [0.15, 0.2) is 0 Å². The molecule has 2 fully saturated rings. The van der Waals surface area contributed by atoms with E-state index in [0.717, 1.165) is 0 Å². The summed E-state index contributed by atoms with van der Waals surface area (Å²) in [6.07, 6.45) is 0.375. The average Bonchev–Trinajstić information content (AvgIpc) is 3.11. The molecule has 2 N–H and O–H groups in total. The SMILES string of the molecule is CC(=O)CCC[C@H](C)[C@@H](O)[C@@H]1O[C@H]([C@@]2(C)CCC(=O)O2)C[C@H]1C(=O)O. The van der Waals surface area contributed by atoms with Gasteiger partial charge in [0.05, 0.1) is 24.2 Å². The lowest BCUT2D eigenvalue weighted by atomic mass is 9.85. The molecule has 0 bridgehead atoms. The van der Waals surface area contributed by atoms with Crippen molar-refractivity contribution in [1.82, 2.24) is 0 Å². The number of aliphatic carboxylic acids is 1. The maximum absolute atomic E-state index is 11.6. The summed E-state index contributed by atoms with van der Waals surface area (Å²) in [5.41, 5.74) is -0.836. The minimum atomic E-state index is -1.02. The van der Waals surface area contributed by atoms with E-state index in [1.165, 1.54) is 6.92 Å². The second-order valence-corrected chi connectivity index (χ2v) is 7.62. The first-order valence-electron chi connectivity index (χ1n) is 8.91. The second-order valence-electron chi connectivity index (χ2n) is 7.62. The number of ether oxygens (including phenoxy) is 2. The lowest BCUT2D eigenvalue weighted by Gasteiger charge is -2.31. The zero-order valence-corrected chi connectivity index (χ0v) is 15.1. The largest absolute Gasteiger partial charge is 0.481 e. The molecule has 2 aliphatic rings. The molecule has 142 valence electrons. The van der Waals surface area contributed by atoms with Crippen molar-refractivity contribution < 1.29 is 34.1 Å². The highest BCUT2D eigenvalue weighted by Gasteiger charge is 2.53. The van der Waals surface area contributed by atoms with Crippen LogP contribution in [0, 0.1) is 11.8 Å². The number of carboxylic acids is 1. The Balaban J connectivity index is 2.03. The molecule has 7 nitrogen and oxygen atoms in total. The molecule has 0 saturated carbocycles. The number of carbonyl (C=O) groups excluding carboxylic acids is 2. The number of aliphatic hydroxyl groups is 1. The van der Waals surface area contributed by atoms with Crippen molar-refractivity contribution in [1.29, 1.82) is 0 Å². The number of hydrogen-bond donors (Lipinski definition) is 2. The van der Waals surface area contributed by atoms with E-state index >= 15 is 0 Å². The normalized spacial score (nSPS) is 34.6. The third-order valence-electron chi connectivity index (χ3n) is 5.46. The molecule has 0 aliphatic carbocycles. The maximum Gasteiger partial charge on any atom is 0.309 e. The maximum atomic E-state index is 11.6. The fourth-order valence-corrected chi connectivity index (χ4v) is 3.76. The van der Waals surface area contributed by atoms with Gasteiger partial charge in [-0.15, -0.1) is 0 Å². The Hall–Kier alpha value is -1.47. The molecule has 0 unspecified atom stereocenters. The van der Waals surface area contributed by atoms with Crippen molar-refractivity contribution in [3.05, 3.63) is 0 Å². The number of carboxylic acid groups (broad SMARTS) is 1. The van der Waals surface area contributed by atoms with Crippen LogP contribution in [-0.4, -0.2) is 51.8 Å². The quantitative estimate of drug-likeness (QED) is 0.637. The number of carbonyl (C=O) groups is 3. The van der Waals surface area contributed by atoms with Crippen LogP contribution in [0.3, 0.4) is 0 Å². The molecule has 2 saturated heterocycles. The molecule has 0 aromatic carbocycles. The summed E-state index contributed by atoms with van der Waals surface area (Å²) in [6, 6.07) is 0. The van der Waals surface area contributed by atoms with Gasteiger partial charge in [0.15, 0.2) is 0 Å². The molecule has 0 radical (unpaired) electrons. The van der Waals surface area contributed by atoms with Crippen LogP contribution in [0.1, 0.15) is 59.3 Å². The zero-order chi connectivity index (χ0) is 18.8. The number of aliphatic hydroxyl groups excluding tert-OH is 1.